The van der Waals surface area contributed by atoms with E-state index in [1.165, 1.54) is 6.92 Å². The largest absolute Gasteiger partial charge is 0.480 e. The highest BCUT2D eigenvalue weighted by Crippen LogP contribution is 2.24. The molecule has 1 fully saturated rings. The van der Waals surface area contributed by atoms with E-state index in [1.54, 1.807) is 30.3 Å². The summed E-state index contributed by atoms with van der Waals surface area (Å²) in [4.78, 5) is 23.9. The van der Waals surface area contributed by atoms with E-state index in [-0.39, 0.29) is 5.75 Å². The molecule has 0 aliphatic carbocycles. The average molecular weight is 444 g/mol. The maximum Gasteiger partial charge on any atom is 0.326 e. The molecule has 29 heavy (non-hydrogen) atoms. The van der Waals surface area contributed by atoms with Gasteiger partial charge in [0, 0.05) is 13.1 Å². The molecule has 1 amide bonds. The SMILES string of the molecule is C[C@@H](NS(=O)(=O)Cc1ccccc1)C(=O)N[C@@H](CCC1CCN(P)CC1)C(=O)O. The lowest BCUT2D eigenvalue weighted by molar-refractivity contribution is -0.142. The van der Waals surface area contributed by atoms with Crippen molar-refractivity contribution in [2.75, 3.05) is 13.1 Å². The molecule has 1 aliphatic heterocycles. The molecule has 0 bridgehead atoms. The number of aliphatic carboxylic acids is 1. The second-order valence-electron chi connectivity index (χ2n) is 7.54. The molecule has 162 valence electrons. The van der Waals surface area contributed by atoms with E-state index in [2.05, 4.69) is 24.1 Å². The Labute approximate surface area is 174 Å². The zero-order valence-electron chi connectivity index (χ0n) is 16.6. The summed E-state index contributed by atoms with van der Waals surface area (Å²) in [5.74, 6) is -1.57. The van der Waals surface area contributed by atoms with Crippen LogP contribution in [0.2, 0.25) is 0 Å². The van der Waals surface area contributed by atoms with E-state index in [4.69, 9.17) is 0 Å². The molecule has 2 rings (SSSR count). The number of sulfonamides is 1. The first kappa shape index (κ1) is 23.7. The average Bonchev–Trinajstić information content (AvgIpc) is 2.66. The first-order valence-electron chi connectivity index (χ1n) is 9.73. The molecule has 1 aromatic carbocycles. The summed E-state index contributed by atoms with van der Waals surface area (Å²) < 4.78 is 29.0. The molecule has 1 saturated heterocycles. The summed E-state index contributed by atoms with van der Waals surface area (Å²) in [5.41, 5.74) is 0.604. The normalized spacial score (nSPS) is 18.1. The van der Waals surface area contributed by atoms with Crippen LogP contribution in [0.1, 0.15) is 38.2 Å². The Bertz CT molecular complexity index is 782. The van der Waals surface area contributed by atoms with Crippen molar-refractivity contribution in [2.24, 2.45) is 5.92 Å². The number of carboxylic acid groups (broad SMARTS) is 1. The van der Waals surface area contributed by atoms with Crippen LogP contribution in [0.3, 0.4) is 0 Å². The van der Waals surface area contributed by atoms with Gasteiger partial charge in [-0.2, -0.15) is 0 Å². The van der Waals surface area contributed by atoms with Crippen molar-refractivity contribution in [3.8, 4) is 0 Å². The van der Waals surface area contributed by atoms with Crippen LogP contribution in [0.4, 0.5) is 0 Å². The number of rotatable bonds is 10. The molecule has 10 heteroatoms. The molecular formula is C19H30N3O5PS. The summed E-state index contributed by atoms with van der Waals surface area (Å²) in [5, 5.41) is 11.9. The maximum atomic E-state index is 12.4. The number of carboxylic acids is 1. The standard InChI is InChI=1S/C19H30N3O5PS/c1-14(21-29(26,27)13-16-5-3-2-4-6-16)18(23)20-17(19(24)25)8-7-15-9-11-22(28)12-10-15/h2-6,14-15,17,21H,7-13,28H2,1H3,(H,20,23)(H,24,25)/t14-,17+/m1/s1. The number of amides is 1. The van der Waals surface area contributed by atoms with E-state index < -0.39 is 34.0 Å². The van der Waals surface area contributed by atoms with Crippen molar-refractivity contribution in [3.05, 3.63) is 35.9 Å². The number of nitrogens with zero attached hydrogens (tertiary/aromatic N) is 1. The molecule has 3 N–H and O–H groups in total. The zero-order valence-corrected chi connectivity index (χ0v) is 18.6. The molecule has 1 aromatic rings. The van der Waals surface area contributed by atoms with Crippen molar-refractivity contribution in [3.63, 3.8) is 0 Å². The number of hydrogen-bond donors (Lipinski definition) is 3. The Morgan fingerprint density at radius 3 is 2.45 bits per heavy atom. The van der Waals surface area contributed by atoms with Gasteiger partial charge >= 0.3 is 5.97 Å². The predicted octanol–water partition coefficient (Wildman–Crippen LogP) is 1.35. The third kappa shape index (κ3) is 8.38. The Balaban J connectivity index is 1.85. The zero-order chi connectivity index (χ0) is 21.4. The van der Waals surface area contributed by atoms with Gasteiger partial charge < -0.3 is 10.4 Å². The van der Waals surface area contributed by atoms with Gasteiger partial charge in [-0.15, -0.1) is 0 Å². The van der Waals surface area contributed by atoms with Gasteiger partial charge in [-0.3, -0.25) is 9.46 Å². The minimum Gasteiger partial charge on any atom is -0.480 e. The highest BCUT2D eigenvalue weighted by Gasteiger charge is 2.27. The summed E-state index contributed by atoms with van der Waals surface area (Å²) >= 11 is 0. The Kier molecular flexibility index (Phi) is 9.02. The molecule has 0 spiro atoms. The van der Waals surface area contributed by atoms with Crippen LogP contribution < -0.4 is 10.0 Å². The van der Waals surface area contributed by atoms with Crippen LogP contribution in [0.5, 0.6) is 0 Å². The summed E-state index contributed by atoms with van der Waals surface area (Å²) in [7, 11) is -1.06. The number of carbonyl (C=O) groups is 2. The third-order valence-electron chi connectivity index (χ3n) is 5.08. The van der Waals surface area contributed by atoms with Crippen LogP contribution in [0, 0.1) is 5.92 Å². The Morgan fingerprint density at radius 1 is 1.24 bits per heavy atom. The lowest BCUT2D eigenvalue weighted by Gasteiger charge is -2.29. The van der Waals surface area contributed by atoms with Gasteiger partial charge in [-0.25, -0.2) is 17.9 Å². The molecule has 3 atom stereocenters. The van der Waals surface area contributed by atoms with E-state index in [0.717, 1.165) is 25.9 Å². The van der Waals surface area contributed by atoms with Gasteiger partial charge in [0.2, 0.25) is 15.9 Å². The maximum absolute atomic E-state index is 12.4. The van der Waals surface area contributed by atoms with Gasteiger partial charge in [-0.05, 0) is 44.1 Å². The number of nitrogens with one attached hydrogen (secondary N) is 2. The quantitative estimate of drug-likeness (QED) is 0.470. The van der Waals surface area contributed by atoms with Gasteiger partial charge in [0.15, 0.2) is 0 Å². The summed E-state index contributed by atoms with van der Waals surface area (Å²) in [6, 6.07) is 6.54. The van der Waals surface area contributed by atoms with Crippen molar-refractivity contribution >= 4 is 31.3 Å². The number of piperidine rings is 1. The van der Waals surface area contributed by atoms with Crippen molar-refractivity contribution in [1.82, 2.24) is 14.7 Å². The fraction of sp³-hybridized carbons (Fsp3) is 0.579. The number of benzene rings is 1. The molecule has 1 heterocycles. The smallest absolute Gasteiger partial charge is 0.326 e. The number of carbonyl (C=O) groups excluding carboxylic acids is 1. The van der Waals surface area contributed by atoms with Gasteiger partial charge in [0.1, 0.15) is 6.04 Å². The van der Waals surface area contributed by atoms with Gasteiger partial charge in [-0.1, -0.05) is 39.7 Å². The highest BCUT2D eigenvalue weighted by molar-refractivity contribution is 7.88. The Morgan fingerprint density at radius 2 is 1.86 bits per heavy atom. The summed E-state index contributed by atoms with van der Waals surface area (Å²) in [6.07, 6.45) is 3.04. The lowest BCUT2D eigenvalue weighted by Crippen LogP contribution is -2.50. The highest BCUT2D eigenvalue weighted by atomic mass is 32.2. The molecule has 0 saturated carbocycles. The van der Waals surface area contributed by atoms with E-state index in [1.807, 2.05) is 0 Å². The second kappa shape index (κ2) is 11.0. The third-order valence-corrected chi connectivity index (χ3v) is 7.02. The van der Waals surface area contributed by atoms with Crippen molar-refractivity contribution in [1.29, 1.82) is 0 Å². The number of hydrogen-bond acceptors (Lipinski definition) is 5. The van der Waals surface area contributed by atoms with Crippen LogP contribution in [0.15, 0.2) is 30.3 Å². The molecule has 0 radical (unpaired) electrons. The van der Waals surface area contributed by atoms with E-state index >= 15 is 0 Å². The molecule has 1 unspecified atom stereocenters. The van der Waals surface area contributed by atoms with E-state index in [0.29, 0.717) is 24.3 Å². The van der Waals surface area contributed by atoms with E-state index in [9.17, 15) is 23.1 Å². The minimum absolute atomic E-state index is 0.248. The first-order chi connectivity index (χ1) is 13.7. The topological polar surface area (TPSA) is 116 Å². The van der Waals surface area contributed by atoms with Crippen molar-refractivity contribution in [2.45, 2.75) is 50.4 Å². The molecular weight excluding hydrogens is 413 g/mol. The minimum atomic E-state index is -3.73. The Hall–Kier alpha value is -1.54. The lowest BCUT2D eigenvalue weighted by atomic mass is 9.91. The monoisotopic (exact) mass is 443 g/mol. The van der Waals surface area contributed by atoms with Crippen molar-refractivity contribution < 1.29 is 23.1 Å². The summed E-state index contributed by atoms with van der Waals surface area (Å²) in [6.45, 7) is 3.32. The second-order valence-corrected chi connectivity index (χ2v) is 10.0. The van der Waals surface area contributed by atoms with Gasteiger partial charge in [0.05, 0.1) is 11.8 Å². The molecule has 8 nitrogen and oxygen atoms in total. The molecule has 1 aliphatic rings. The van der Waals surface area contributed by atoms with Crippen LogP contribution in [-0.2, 0) is 25.4 Å². The fourth-order valence-corrected chi connectivity index (χ4v) is 5.01. The predicted molar refractivity (Wildman–Crippen MR) is 114 cm³/mol. The fourth-order valence-electron chi connectivity index (χ4n) is 3.36. The van der Waals surface area contributed by atoms with Crippen LogP contribution in [-0.4, -0.2) is 55.2 Å². The van der Waals surface area contributed by atoms with Crippen LogP contribution >= 0.6 is 9.39 Å². The molecule has 0 aromatic heterocycles. The van der Waals surface area contributed by atoms with Gasteiger partial charge in [0.25, 0.3) is 0 Å². The van der Waals surface area contributed by atoms with Crippen LogP contribution in [0.25, 0.3) is 0 Å². The first-order valence-corrected chi connectivity index (χ1v) is 11.9.